The highest BCUT2D eigenvalue weighted by molar-refractivity contribution is 5.87. The Labute approximate surface area is 282 Å². The number of hydrogen-bond donors (Lipinski definition) is 2. The van der Waals surface area contributed by atoms with Crippen LogP contribution in [0.2, 0.25) is 0 Å². The summed E-state index contributed by atoms with van der Waals surface area (Å²) in [5, 5.41) is 12.6. The minimum Gasteiger partial charge on any atom is -0.488 e. The zero-order valence-electron chi connectivity index (χ0n) is 28.2. The number of carboxylic acid groups (broad SMARTS) is 1. The van der Waals surface area contributed by atoms with Gasteiger partial charge in [-0.05, 0) is 87.1 Å². The van der Waals surface area contributed by atoms with Gasteiger partial charge < -0.3 is 29.4 Å². The summed E-state index contributed by atoms with van der Waals surface area (Å²) in [5.41, 5.74) is 3.37. The molecule has 3 aromatic carbocycles. The van der Waals surface area contributed by atoms with Gasteiger partial charge in [-0.15, -0.1) is 0 Å². The van der Waals surface area contributed by atoms with E-state index in [0.717, 1.165) is 33.7 Å². The standard InChI is InChI=1S/C39H44N2O7/c1-38(2,3)48-30-16-13-26(14-17-30)21-32(36(42)43)41-37(44)39(4,5)19-9-10-20-45-35-24-29(22-31(40-35)27-11-7-6-8-12-27)28-15-18-33-34(23-28)47-25-46-33/h6-8,11-18,22-24,32H,9-10,19-21,25H2,1-5H3,(H,41,44)(H,42,43). The van der Waals surface area contributed by atoms with Gasteiger partial charge in [-0.3, -0.25) is 4.79 Å². The predicted molar refractivity (Wildman–Crippen MR) is 184 cm³/mol. The Balaban J connectivity index is 1.16. The van der Waals surface area contributed by atoms with Gasteiger partial charge in [0.05, 0.1) is 12.3 Å². The molecule has 5 rings (SSSR count). The second kappa shape index (κ2) is 14.8. The maximum Gasteiger partial charge on any atom is 0.326 e. The first-order chi connectivity index (χ1) is 22.9. The number of carboxylic acids is 1. The van der Waals surface area contributed by atoms with E-state index in [0.29, 0.717) is 43.2 Å². The van der Waals surface area contributed by atoms with Crippen LogP contribution in [0.4, 0.5) is 0 Å². The molecule has 0 fully saturated rings. The molecule has 0 bridgehead atoms. The molecule has 1 aliphatic rings. The van der Waals surface area contributed by atoms with Crippen LogP contribution in [0, 0.1) is 5.41 Å². The summed E-state index contributed by atoms with van der Waals surface area (Å²) in [6, 6.07) is 26.0. The maximum atomic E-state index is 13.2. The topological polar surface area (TPSA) is 116 Å². The van der Waals surface area contributed by atoms with Crippen molar-refractivity contribution in [2.24, 2.45) is 5.41 Å². The van der Waals surface area contributed by atoms with Gasteiger partial charge in [0.15, 0.2) is 11.5 Å². The van der Waals surface area contributed by atoms with E-state index in [-0.39, 0.29) is 24.7 Å². The Bertz CT molecular complexity index is 1710. The molecule has 48 heavy (non-hydrogen) atoms. The van der Waals surface area contributed by atoms with Gasteiger partial charge in [-0.1, -0.05) is 62.4 Å². The first-order valence-electron chi connectivity index (χ1n) is 16.3. The van der Waals surface area contributed by atoms with Crippen LogP contribution in [0.5, 0.6) is 23.1 Å². The van der Waals surface area contributed by atoms with Crippen molar-refractivity contribution in [1.82, 2.24) is 10.3 Å². The molecule has 1 unspecified atom stereocenters. The molecule has 9 heteroatoms. The van der Waals surface area contributed by atoms with Crippen LogP contribution >= 0.6 is 0 Å². The van der Waals surface area contributed by atoms with Gasteiger partial charge in [0.2, 0.25) is 18.6 Å². The van der Waals surface area contributed by atoms with E-state index in [1.54, 1.807) is 0 Å². The fourth-order valence-electron chi connectivity index (χ4n) is 5.37. The number of carbonyl (C=O) groups is 2. The molecule has 2 N–H and O–H groups in total. The summed E-state index contributed by atoms with van der Waals surface area (Å²) in [6.07, 6.45) is 2.14. The molecule has 1 atom stereocenters. The van der Waals surface area contributed by atoms with Gasteiger partial charge in [-0.2, -0.15) is 0 Å². The number of pyridine rings is 1. The Hall–Kier alpha value is -5.05. The second-order valence-electron chi connectivity index (χ2n) is 13.6. The van der Waals surface area contributed by atoms with Gasteiger partial charge >= 0.3 is 5.97 Å². The van der Waals surface area contributed by atoms with Crippen LogP contribution in [0.25, 0.3) is 22.4 Å². The lowest BCUT2D eigenvalue weighted by molar-refractivity contribution is -0.143. The molecule has 1 aliphatic heterocycles. The molecule has 252 valence electrons. The number of benzene rings is 3. The molecular formula is C39H44N2O7. The number of aromatic nitrogens is 1. The van der Waals surface area contributed by atoms with E-state index in [9.17, 15) is 14.7 Å². The number of aliphatic carboxylic acids is 1. The third-order valence-corrected chi connectivity index (χ3v) is 8.03. The molecule has 1 amide bonds. The maximum absolute atomic E-state index is 13.2. The third-order valence-electron chi connectivity index (χ3n) is 8.03. The number of amides is 1. The minimum atomic E-state index is -1.08. The Morgan fingerprint density at radius 2 is 1.58 bits per heavy atom. The van der Waals surface area contributed by atoms with Crippen molar-refractivity contribution in [2.45, 2.75) is 71.9 Å². The monoisotopic (exact) mass is 652 g/mol. The highest BCUT2D eigenvalue weighted by atomic mass is 16.7. The lowest BCUT2D eigenvalue weighted by atomic mass is 9.85. The normalized spacial score (nSPS) is 13.1. The highest BCUT2D eigenvalue weighted by Gasteiger charge is 2.31. The summed E-state index contributed by atoms with van der Waals surface area (Å²) < 4.78 is 23.1. The van der Waals surface area contributed by atoms with Crippen LogP contribution in [-0.4, -0.2) is 47.0 Å². The molecule has 0 saturated carbocycles. The molecule has 0 radical (unpaired) electrons. The lowest BCUT2D eigenvalue weighted by Crippen LogP contribution is -2.47. The number of nitrogens with one attached hydrogen (secondary N) is 1. The van der Waals surface area contributed by atoms with Crippen LogP contribution in [0.3, 0.4) is 0 Å². The quantitative estimate of drug-likeness (QED) is 0.133. The van der Waals surface area contributed by atoms with E-state index < -0.39 is 17.4 Å². The molecule has 1 aromatic heterocycles. The van der Waals surface area contributed by atoms with Gasteiger partial charge in [0.25, 0.3) is 0 Å². The number of ether oxygens (including phenoxy) is 4. The highest BCUT2D eigenvalue weighted by Crippen LogP contribution is 2.37. The van der Waals surface area contributed by atoms with Crippen LogP contribution in [0.1, 0.15) is 59.4 Å². The van der Waals surface area contributed by atoms with Gasteiger partial charge in [-0.25, -0.2) is 9.78 Å². The number of carbonyl (C=O) groups excluding carboxylic acids is 1. The average Bonchev–Trinajstić information content (AvgIpc) is 3.53. The van der Waals surface area contributed by atoms with E-state index in [1.165, 1.54) is 0 Å². The van der Waals surface area contributed by atoms with Crippen LogP contribution in [-0.2, 0) is 16.0 Å². The first-order valence-corrected chi connectivity index (χ1v) is 16.3. The number of rotatable bonds is 14. The zero-order valence-corrected chi connectivity index (χ0v) is 28.2. The van der Waals surface area contributed by atoms with Crippen molar-refractivity contribution >= 4 is 11.9 Å². The fraction of sp³-hybridized carbons (Fsp3) is 0.359. The number of nitrogens with zero attached hydrogens (tertiary/aromatic N) is 1. The summed E-state index contributed by atoms with van der Waals surface area (Å²) >= 11 is 0. The minimum absolute atomic E-state index is 0.171. The Morgan fingerprint density at radius 3 is 2.29 bits per heavy atom. The van der Waals surface area contributed by atoms with Crippen molar-refractivity contribution < 1.29 is 33.6 Å². The predicted octanol–water partition coefficient (Wildman–Crippen LogP) is 7.71. The third kappa shape index (κ3) is 9.27. The number of fused-ring (bicyclic) bond motifs is 1. The second-order valence-corrected chi connectivity index (χ2v) is 13.6. The average molecular weight is 653 g/mol. The largest absolute Gasteiger partial charge is 0.488 e. The van der Waals surface area contributed by atoms with Crippen molar-refractivity contribution in [1.29, 1.82) is 0 Å². The summed E-state index contributed by atoms with van der Waals surface area (Å²) in [4.78, 5) is 30.1. The number of unbranched alkanes of at least 4 members (excludes halogenated alkanes) is 1. The molecule has 0 spiro atoms. The van der Waals surface area contributed by atoms with Gasteiger partial charge in [0, 0.05) is 23.5 Å². The summed E-state index contributed by atoms with van der Waals surface area (Å²) in [6.45, 7) is 10.2. The lowest BCUT2D eigenvalue weighted by Gasteiger charge is -2.26. The van der Waals surface area contributed by atoms with Crippen LogP contribution in [0.15, 0.2) is 84.9 Å². The summed E-state index contributed by atoms with van der Waals surface area (Å²) in [7, 11) is 0. The van der Waals surface area contributed by atoms with Crippen molar-refractivity contribution in [3.8, 4) is 45.5 Å². The fourth-order valence-corrected chi connectivity index (χ4v) is 5.37. The molecule has 9 nitrogen and oxygen atoms in total. The first kappa shape index (κ1) is 34.3. The van der Waals surface area contributed by atoms with Crippen LogP contribution < -0.4 is 24.3 Å². The van der Waals surface area contributed by atoms with Crippen molar-refractivity contribution in [2.75, 3.05) is 13.4 Å². The Morgan fingerprint density at radius 1 is 0.854 bits per heavy atom. The van der Waals surface area contributed by atoms with E-state index in [1.807, 2.05) is 120 Å². The zero-order chi connectivity index (χ0) is 34.3. The summed E-state index contributed by atoms with van der Waals surface area (Å²) in [5.74, 6) is 1.26. The molecule has 4 aromatic rings. The molecule has 0 aliphatic carbocycles. The van der Waals surface area contributed by atoms with E-state index in [2.05, 4.69) is 5.32 Å². The number of hydrogen-bond acceptors (Lipinski definition) is 7. The SMILES string of the molecule is CC(C)(C)Oc1ccc(CC(NC(=O)C(C)(C)CCCCOc2cc(-c3ccc4c(c3)OCO4)cc(-c3ccccc3)n2)C(=O)O)cc1. The molecule has 2 heterocycles. The Kier molecular flexibility index (Phi) is 10.6. The smallest absolute Gasteiger partial charge is 0.326 e. The van der Waals surface area contributed by atoms with Crippen molar-refractivity contribution in [3.05, 3.63) is 90.5 Å². The van der Waals surface area contributed by atoms with E-state index in [4.69, 9.17) is 23.9 Å². The van der Waals surface area contributed by atoms with E-state index >= 15 is 0 Å². The molecular weight excluding hydrogens is 608 g/mol. The molecule has 0 saturated heterocycles. The van der Waals surface area contributed by atoms with Crippen molar-refractivity contribution in [3.63, 3.8) is 0 Å². The van der Waals surface area contributed by atoms with Gasteiger partial charge in [0.1, 0.15) is 17.4 Å².